The Bertz CT molecular complexity index is 859. The van der Waals surface area contributed by atoms with Crippen molar-refractivity contribution in [1.29, 1.82) is 0 Å². The number of nitrogens with one attached hydrogen (secondary N) is 3. The largest absolute Gasteiger partial charge is 0.397 e. The summed E-state index contributed by atoms with van der Waals surface area (Å²) in [5.74, 6) is 1.45. The van der Waals surface area contributed by atoms with E-state index >= 15 is 0 Å². The second kappa shape index (κ2) is 13.6. The zero-order chi connectivity index (χ0) is 25.1. The van der Waals surface area contributed by atoms with Crippen molar-refractivity contribution in [1.82, 2.24) is 15.6 Å². The number of aliphatic imine (C=N–C) groups is 1. The first kappa shape index (κ1) is 27.1. The topological polar surface area (TPSA) is 132 Å². The molecule has 0 unspecified atom stereocenters. The van der Waals surface area contributed by atoms with Gasteiger partial charge in [-0.1, -0.05) is 12.6 Å². The number of pyridine rings is 1. The minimum atomic E-state index is -0.276. The number of nitrogens with zero attached hydrogens (tertiary/aromatic N) is 2. The van der Waals surface area contributed by atoms with E-state index in [9.17, 15) is 0 Å². The highest BCUT2D eigenvalue weighted by Crippen LogP contribution is 2.22. The molecule has 1 atom stereocenters. The molecule has 9 nitrogen and oxygen atoms in total. The normalized spacial score (nSPS) is 24.0. The molecular weight excluding hydrogens is 442 g/mol. The van der Waals surface area contributed by atoms with Crippen molar-refractivity contribution in [3.05, 3.63) is 42.7 Å². The Morgan fingerprint density at radius 2 is 2.06 bits per heavy atom. The molecule has 2 aliphatic rings. The molecule has 1 saturated heterocycles. The van der Waals surface area contributed by atoms with Crippen LogP contribution in [0.4, 0.5) is 5.82 Å². The van der Waals surface area contributed by atoms with E-state index in [0.29, 0.717) is 49.1 Å². The molecule has 1 aromatic rings. The third-order valence-electron chi connectivity index (χ3n) is 6.65. The van der Waals surface area contributed by atoms with Gasteiger partial charge in [0.1, 0.15) is 11.7 Å². The quantitative estimate of drug-likeness (QED) is 0.238. The van der Waals surface area contributed by atoms with Crippen LogP contribution in [-0.4, -0.2) is 68.0 Å². The number of rotatable bonds is 11. The number of aromatic nitrogens is 1. The molecule has 1 aliphatic carbocycles. The van der Waals surface area contributed by atoms with Crippen molar-refractivity contribution in [3.8, 4) is 0 Å². The van der Waals surface area contributed by atoms with Gasteiger partial charge in [-0.05, 0) is 63.8 Å². The molecule has 1 saturated carbocycles. The van der Waals surface area contributed by atoms with Crippen molar-refractivity contribution >= 4 is 17.4 Å². The fourth-order valence-corrected chi connectivity index (χ4v) is 4.63. The van der Waals surface area contributed by atoms with Gasteiger partial charge in [-0.2, -0.15) is 0 Å². The summed E-state index contributed by atoms with van der Waals surface area (Å²) in [7, 11) is 1.74. The van der Waals surface area contributed by atoms with E-state index in [4.69, 9.17) is 25.9 Å². The van der Waals surface area contributed by atoms with E-state index in [1.807, 2.05) is 24.3 Å². The van der Waals surface area contributed by atoms with Crippen LogP contribution in [0.5, 0.6) is 0 Å². The lowest BCUT2D eigenvalue weighted by Gasteiger charge is -2.33. The number of anilines is 1. The first-order valence-electron chi connectivity index (χ1n) is 12.7. The van der Waals surface area contributed by atoms with Crippen molar-refractivity contribution in [2.45, 2.75) is 69.1 Å². The van der Waals surface area contributed by atoms with Crippen molar-refractivity contribution < 1.29 is 9.47 Å². The summed E-state index contributed by atoms with van der Waals surface area (Å²) in [5.41, 5.74) is 13.9. The fraction of sp³-hybridized carbons (Fsp3) is 0.615. The molecule has 2 fully saturated rings. The molecule has 7 N–H and O–H groups in total. The summed E-state index contributed by atoms with van der Waals surface area (Å²) >= 11 is 0. The van der Waals surface area contributed by atoms with Gasteiger partial charge in [0.2, 0.25) is 0 Å². The molecule has 0 bridgehead atoms. The summed E-state index contributed by atoms with van der Waals surface area (Å²) in [4.78, 5) is 9.61. The molecule has 9 heteroatoms. The second-order valence-corrected chi connectivity index (χ2v) is 9.73. The molecule has 0 amide bonds. The maximum absolute atomic E-state index is 6.49. The van der Waals surface area contributed by atoms with E-state index in [0.717, 1.165) is 50.9 Å². The van der Waals surface area contributed by atoms with E-state index in [2.05, 4.69) is 34.4 Å². The van der Waals surface area contributed by atoms with Crippen LogP contribution in [0.1, 0.15) is 51.1 Å². The maximum atomic E-state index is 6.49. The highest BCUT2D eigenvalue weighted by Gasteiger charge is 2.27. The first-order chi connectivity index (χ1) is 16.9. The van der Waals surface area contributed by atoms with Gasteiger partial charge >= 0.3 is 0 Å². The van der Waals surface area contributed by atoms with Crippen molar-refractivity contribution in [2.75, 3.05) is 38.8 Å². The Hall–Kier alpha value is -2.46. The van der Waals surface area contributed by atoms with Gasteiger partial charge in [-0.15, -0.1) is 0 Å². The molecule has 1 aromatic heterocycles. The molecule has 2 heterocycles. The van der Waals surface area contributed by atoms with Crippen LogP contribution >= 0.6 is 0 Å². The minimum Gasteiger partial charge on any atom is -0.397 e. The number of hydrogen-bond acceptors (Lipinski definition) is 8. The Morgan fingerprint density at radius 3 is 2.74 bits per heavy atom. The van der Waals surface area contributed by atoms with Gasteiger partial charge in [0.15, 0.2) is 0 Å². The molecule has 0 aromatic carbocycles. The number of hydrogen-bond donors (Lipinski definition) is 5. The monoisotopic (exact) mass is 485 g/mol. The Labute approximate surface area is 209 Å². The molecular formula is C26H43N7O2. The van der Waals surface area contributed by atoms with Crippen LogP contribution in [0.3, 0.4) is 0 Å². The third kappa shape index (κ3) is 8.92. The SMILES string of the molecule is C=CNC(/C=C(\N)c1cccc(NCC2(N)CCOCC2)n1)=NC1CCC(N[C@H](C)COC)CC1. The van der Waals surface area contributed by atoms with Gasteiger partial charge < -0.3 is 36.9 Å². The Kier molecular flexibility index (Phi) is 10.5. The minimum absolute atomic E-state index is 0.249. The summed E-state index contributed by atoms with van der Waals surface area (Å²) in [6.45, 7) is 8.72. The van der Waals surface area contributed by atoms with Crippen LogP contribution in [0, 0.1) is 0 Å². The average Bonchev–Trinajstić information content (AvgIpc) is 2.85. The van der Waals surface area contributed by atoms with Crippen LogP contribution in [0.25, 0.3) is 5.70 Å². The zero-order valence-corrected chi connectivity index (χ0v) is 21.3. The molecule has 0 radical (unpaired) electrons. The van der Waals surface area contributed by atoms with Gasteiger partial charge in [-0.25, -0.2) is 4.98 Å². The summed E-state index contributed by atoms with van der Waals surface area (Å²) < 4.78 is 10.7. The van der Waals surface area contributed by atoms with Gasteiger partial charge in [0.05, 0.1) is 24.0 Å². The Balaban J connectivity index is 1.60. The molecule has 1 aliphatic heterocycles. The first-order valence-corrected chi connectivity index (χ1v) is 12.7. The number of nitrogens with two attached hydrogens (primary N) is 2. The van der Waals surface area contributed by atoms with Gasteiger partial charge in [0.25, 0.3) is 0 Å². The van der Waals surface area contributed by atoms with Crippen molar-refractivity contribution in [2.24, 2.45) is 16.5 Å². The van der Waals surface area contributed by atoms with Crippen LogP contribution in [-0.2, 0) is 9.47 Å². The lowest BCUT2D eigenvalue weighted by Crippen LogP contribution is -2.50. The Morgan fingerprint density at radius 1 is 1.31 bits per heavy atom. The van der Waals surface area contributed by atoms with E-state index in [-0.39, 0.29) is 11.6 Å². The molecule has 35 heavy (non-hydrogen) atoms. The smallest absolute Gasteiger partial charge is 0.127 e. The zero-order valence-electron chi connectivity index (χ0n) is 21.3. The highest BCUT2D eigenvalue weighted by atomic mass is 16.5. The van der Waals surface area contributed by atoms with E-state index < -0.39 is 0 Å². The van der Waals surface area contributed by atoms with Crippen LogP contribution < -0.4 is 27.4 Å². The second-order valence-electron chi connectivity index (χ2n) is 9.73. The number of amidine groups is 1. The lowest BCUT2D eigenvalue weighted by atomic mass is 9.91. The van der Waals surface area contributed by atoms with Gasteiger partial charge in [-0.3, -0.25) is 4.99 Å². The van der Waals surface area contributed by atoms with Crippen LogP contribution in [0.15, 0.2) is 42.0 Å². The fourth-order valence-electron chi connectivity index (χ4n) is 4.63. The molecule has 0 spiro atoms. The summed E-state index contributed by atoms with van der Waals surface area (Å²) in [6.07, 6.45) is 9.36. The summed E-state index contributed by atoms with van der Waals surface area (Å²) in [5, 5.41) is 10.1. The van der Waals surface area contributed by atoms with Crippen LogP contribution in [0.2, 0.25) is 0 Å². The predicted molar refractivity (Wildman–Crippen MR) is 143 cm³/mol. The van der Waals surface area contributed by atoms with E-state index in [1.54, 1.807) is 13.3 Å². The summed E-state index contributed by atoms with van der Waals surface area (Å²) in [6, 6.07) is 6.88. The molecule has 3 rings (SSSR count). The maximum Gasteiger partial charge on any atom is 0.127 e. The van der Waals surface area contributed by atoms with E-state index in [1.165, 1.54) is 0 Å². The number of methoxy groups -OCH3 is 1. The predicted octanol–water partition coefficient (Wildman–Crippen LogP) is 2.37. The standard InChI is InChI=1S/C26H43N7O2/c1-4-29-25(32-21-10-8-20(9-11-21)31-19(2)17-34-3)16-22(27)23-6-5-7-24(33-23)30-18-26(28)12-14-35-15-13-26/h4-7,16,19-21,31H,1,8-15,17-18,27-28H2,2-3H3,(H,29,32)(H,30,33)/b22-16-/t19-,20?,21?/m1/s1. The average molecular weight is 486 g/mol. The van der Waals surface area contributed by atoms with Gasteiger partial charge in [0, 0.05) is 50.6 Å². The number of ether oxygens (including phenoxy) is 2. The lowest BCUT2D eigenvalue weighted by molar-refractivity contribution is 0.0574. The highest BCUT2D eigenvalue weighted by molar-refractivity contribution is 5.99. The van der Waals surface area contributed by atoms with Crippen molar-refractivity contribution in [3.63, 3.8) is 0 Å². The third-order valence-corrected chi connectivity index (χ3v) is 6.65. The molecule has 194 valence electrons.